The minimum Gasteiger partial charge on any atom is -0.303 e. The summed E-state index contributed by atoms with van der Waals surface area (Å²) in [4.78, 5) is 14.9. The van der Waals surface area contributed by atoms with Crippen molar-refractivity contribution in [1.29, 1.82) is 0 Å². The molecule has 1 aromatic carbocycles. The smallest absolute Gasteiger partial charge is 0.296 e. The Kier molecular flexibility index (Phi) is 3.97. The molecule has 0 bridgehead atoms. The Morgan fingerprint density at radius 2 is 1.95 bits per heavy atom. The van der Waals surface area contributed by atoms with Gasteiger partial charge in [0.2, 0.25) is 6.04 Å². The molecule has 3 rings (SSSR count). The molecule has 2 aromatic rings. The zero-order chi connectivity index (χ0) is 15.7. The van der Waals surface area contributed by atoms with Crippen molar-refractivity contribution in [3.05, 3.63) is 59.9 Å². The number of hydrogen-bond acceptors (Lipinski definition) is 1. The van der Waals surface area contributed by atoms with Crippen LogP contribution in [0.1, 0.15) is 37.9 Å². The van der Waals surface area contributed by atoms with Crippen molar-refractivity contribution < 1.29 is 9.36 Å². The number of carbonyl (C=O) groups excluding carboxylic acids is 1. The predicted octanol–water partition coefficient (Wildman–Crippen LogP) is 3.08. The first-order valence-electron chi connectivity index (χ1n) is 8.02. The number of anilines is 1. The summed E-state index contributed by atoms with van der Waals surface area (Å²) in [7, 11) is 0. The average molecular weight is 295 g/mol. The van der Waals surface area contributed by atoms with E-state index < -0.39 is 0 Å². The molecule has 0 spiro atoms. The summed E-state index contributed by atoms with van der Waals surface area (Å²) in [5.74, 6) is 0.159. The van der Waals surface area contributed by atoms with Gasteiger partial charge in [-0.15, -0.1) is 0 Å². The zero-order valence-electron chi connectivity index (χ0n) is 13.5. The van der Waals surface area contributed by atoms with Gasteiger partial charge in [-0.3, -0.25) is 4.79 Å². The Hall–Kier alpha value is -2.16. The number of benzene rings is 1. The number of nitrogens with zero attached hydrogens (tertiary/aromatic N) is 2. The summed E-state index contributed by atoms with van der Waals surface area (Å²) in [5.41, 5.74) is 3.62. The number of para-hydroxylation sites is 1. The molecule has 0 unspecified atom stereocenters. The van der Waals surface area contributed by atoms with E-state index in [1.54, 1.807) is 0 Å². The lowest BCUT2D eigenvalue weighted by atomic mass is 10.1. The summed E-state index contributed by atoms with van der Waals surface area (Å²) in [5, 5.41) is 0. The number of pyridine rings is 1. The number of rotatable bonds is 3. The van der Waals surface area contributed by atoms with E-state index in [2.05, 4.69) is 32.0 Å². The first-order valence-corrected chi connectivity index (χ1v) is 8.02. The SMILES string of the molecule is CCc1cc[n+]([C@H](C)C(=O)N2c3ccccc3C[C@H]2C)cc1. The maximum atomic E-state index is 13.0. The van der Waals surface area contributed by atoms with E-state index >= 15 is 0 Å². The van der Waals surface area contributed by atoms with E-state index in [0.717, 1.165) is 18.5 Å². The first kappa shape index (κ1) is 14.8. The van der Waals surface area contributed by atoms with Crippen LogP contribution >= 0.6 is 0 Å². The molecule has 0 N–H and O–H groups in total. The molecule has 1 aliphatic heterocycles. The molecule has 2 heterocycles. The van der Waals surface area contributed by atoms with Crippen LogP contribution in [0.15, 0.2) is 48.8 Å². The van der Waals surface area contributed by atoms with Crippen molar-refractivity contribution >= 4 is 11.6 Å². The molecular formula is C19H23N2O+. The second kappa shape index (κ2) is 5.91. The van der Waals surface area contributed by atoms with Crippen LogP contribution in [-0.4, -0.2) is 11.9 Å². The van der Waals surface area contributed by atoms with Crippen LogP contribution in [0.4, 0.5) is 5.69 Å². The molecule has 1 aliphatic rings. The molecule has 0 aliphatic carbocycles. The second-order valence-corrected chi connectivity index (χ2v) is 6.07. The first-order chi connectivity index (χ1) is 10.6. The number of hydrogen-bond donors (Lipinski definition) is 0. The Balaban J connectivity index is 1.86. The molecule has 3 heteroatoms. The van der Waals surface area contributed by atoms with Crippen LogP contribution in [0.2, 0.25) is 0 Å². The highest BCUT2D eigenvalue weighted by atomic mass is 16.2. The highest BCUT2D eigenvalue weighted by Gasteiger charge is 2.36. The molecule has 114 valence electrons. The third-order valence-corrected chi connectivity index (χ3v) is 4.58. The number of aromatic nitrogens is 1. The maximum Gasteiger partial charge on any atom is 0.296 e. The van der Waals surface area contributed by atoms with Crippen molar-refractivity contribution in [3.63, 3.8) is 0 Å². The lowest BCUT2D eigenvalue weighted by Gasteiger charge is -2.23. The lowest BCUT2D eigenvalue weighted by molar-refractivity contribution is -0.705. The number of carbonyl (C=O) groups is 1. The molecule has 3 nitrogen and oxygen atoms in total. The van der Waals surface area contributed by atoms with Gasteiger partial charge in [-0.05, 0) is 37.0 Å². The average Bonchev–Trinajstić information content (AvgIpc) is 2.89. The van der Waals surface area contributed by atoms with E-state index in [0.29, 0.717) is 0 Å². The van der Waals surface area contributed by atoms with Crippen molar-refractivity contribution in [2.45, 2.75) is 45.7 Å². The zero-order valence-corrected chi connectivity index (χ0v) is 13.5. The molecule has 0 radical (unpaired) electrons. The molecule has 0 saturated carbocycles. The van der Waals surface area contributed by atoms with Crippen LogP contribution in [-0.2, 0) is 17.6 Å². The molecule has 2 atom stereocenters. The fourth-order valence-electron chi connectivity index (χ4n) is 3.19. The van der Waals surface area contributed by atoms with Crippen molar-refractivity contribution in [3.8, 4) is 0 Å². The molecule has 1 amide bonds. The van der Waals surface area contributed by atoms with Gasteiger partial charge in [0.1, 0.15) is 0 Å². The fourth-order valence-corrected chi connectivity index (χ4v) is 3.19. The molecule has 0 fully saturated rings. The van der Waals surface area contributed by atoms with Gasteiger partial charge in [0.15, 0.2) is 12.4 Å². The molecule has 0 saturated heterocycles. The summed E-state index contributed by atoms with van der Waals surface area (Å²) in [6.07, 6.45) is 5.97. The minimum atomic E-state index is -0.195. The van der Waals surface area contributed by atoms with Crippen molar-refractivity contribution in [1.82, 2.24) is 0 Å². The quantitative estimate of drug-likeness (QED) is 0.799. The van der Waals surface area contributed by atoms with Crippen LogP contribution in [0, 0.1) is 0 Å². The largest absolute Gasteiger partial charge is 0.303 e. The standard InChI is InChI=1S/C19H23N2O/c1-4-16-9-11-20(12-10-16)15(3)19(22)21-14(2)13-17-7-5-6-8-18(17)21/h5-12,14-15H,4,13H2,1-3H3/q+1/t14-,15-/m1/s1. The van der Waals surface area contributed by atoms with Crippen molar-refractivity contribution in [2.75, 3.05) is 4.90 Å². The highest BCUT2D eigenvalue weighted by Crippen LogP contribution is 2.32. The predicted molar refractivity (Wildman–Crippen MR) is 87.8 cm³/mol. The van der Waals surface area contributed by atoms with Gasteiger partial charge in [0.25, 0.3) is 5.91 Å². The normalized spacial score (nSPS) is 18.1. The van der Waals surface area contributed by atoms with E-state index in [9.17, 15) is 4.79 Å². The monoisotopic (exact) mass is 295 g/mol. The fraction of sp³-hybridized carbons (Fsp3) is 0.368. The van der Waals surface area contributed by atoms with E-state index in [1.165, 1.54) is 11.1 Å². The van der Waals surface area contributed by atoms with Crippen LogP contribution in [0.5, 0.6) is 0 Å². The van der Waals surface area contributed by atoms with Crippen LogP contribution in [0.25, 0.3) is 0 Å². The van der Waals surface area contributed by atoms with E-state index in [4.69, 9.17) is 0 Å². The highest BCUT2D eigenvalue weighted by molar-refractivity contribution is 5.97. The lowest BCUT2D eigenvalue weighted by Crippen LogP contribution is -2.49. The van der Waals surface area contributed by atoms with Crippen LogP contribution in [0.3, 0.4) is 0 Å². The Morgan fingerprint density at radius 1 is 1.27 bits per heavy atom. The van der Waals surface area contributed by atoms with Gasteiger partial charge in [-0.2, -0.15) is 4.57 Å². The summed E-state index contributed by atoms with van der Waals surface area (Å²) in [6.45, 7) is 6.23. The van der Waals surface area contributed by atoms with E-state index in [1.807, 2.05) is 47.0 Å². The van der Waals surface area contributed by atoms with E-state index in [-0.39, 0.29) is 18.0 Å². The Morgan fingerprint density at radius 3 is 2.64 bits per heavy atom. The third-order valence-electron chi connectivity index (χ3n) is 4.58. The van der Waals surface area contributed by atoms with Gasteiger partial charge in [-0.1, -0.05) is 25.1 Å². The topological polar surface area (TPSA) is 24.2 Å². The maximum absolute atomic E-state index is 13.0. The molecule has 1 aromatic heterocycles. The van der Waals surface area contributed by atoms with Gasteiger partial charge in [0.05, 0.1) is 0 Å². The van der Waals surface area contributed by atoms with Crippen molar-refractivity contribution in [2.24, 2.45) is 0 Å². The third kappa shape index (κ3) is 2.52. The van der Waals surface area contributed by atoms with Gasteiger partial charge in [0, 0.05) is 30.8 Å². The van der Waals surface area contributed by atoms with Gasteiger partial charge < -0.3 is 4.90 Å². The Labute approximate surface area is 132 Å². The number of amides is 1. The van der Waals surface area contributed by atoms with Gasteiger partial charge in [-0.25, -0.2) is 0 Å². The summed E-state index contributed by atoms with van der Waals surface area (Å²) >= 11 is 0. The Bertz CT molecular complexity index is 678. The molecule has 22 heavy (non-hydrogen) atoms. The number of fused-ring (bicyclic) bond motifs is 1. The summed E-state index contributed by atoms with van der Waals surface area (Å²) in [6, 6.07) is 12.4. The number of aryl methyl sites for hydroxylation is 1. The second-order valence-electron chi connectivity index (χ2n) is 6.07. The summed E-state index contributed by atoms with van der Waals surface area (Å²) < 4.78 is 2.00. The minimum absolute atomic E-state index is 0.159. The van der Waals surface area contributed by atoms with Crippen LogP contribution < -0.4 is 9.47 Å². The molecular weight excluding hydrogens is 272 g/mol. The van der Waals surface area contributed by atoms with Gasteiger partial charge >= 0.3 is 0 Å².